The predicted octanol–water partition coefficient (Wildman–Crippen LogP) is 4.07. The highest BCUT2D eigenvalue weighted by Gasteiger charge is 2.34. The lowest BCUT2D eigenvalue weighted by atomic mass is 9.93. The maximum Gasteiger partial charge on any atom is 0.251 e. The number of hydrogen-bond acceptors (Lipinski definition) is 6. The molecule has 2 atom stereocenters. The number of carbonyl (C=O) groups excluding carboxylic acids is 1. The van der Waals surface area contributed by atoms with Crippen LogP contribution in [0.2, 0.25) is 10.0 Å². The number of halogens is 2. The van der Waals surface area contributed by atoms with Gasteiger partial charge < -0.3 is 26.2 Å². The first-order valence-electron chi connectivity index (χ1n) is 12.2. The molecule has 1 heterocycles. The molecule has 0 spiro atoms. The number of carbonyl (C=O) groups is 1. The van der Waals surface area contributed by atoms with E-state index in [1.54, 1.807) is 37.3 Å². The van der Waals surface area contributed by atoms with Crippen molar-refractivity contribution in [2.75, 3.05) is 50.0 Å². The van der Waals surface area contributed by atoms with Gasteiger partial charge in [-0.25, -0.2) is 0 Å². The van der Waals surface area contributed by atoms with Crippen LogP contribution in [0, 0.1) is 0 Å². The van der Waals surface area contributed by atoms with Gasteiger partial charge in [0.05, 0.1) is 29.0 Å². The van der Waals surface area contributed by atoms with Crippen molar-refractivity contribution in [3.63, 3.8) is 0 Å². The van der Waals surface area contributed by atoms with Crippen LogP contribution in [-0.2, 0) is 5.60 Å². The minimum atomic E-state index is -1.13. The number of anilines is 2. The van der Waals surface area contributed by atoms with Crippen LogP contribution in [0.1, 0.15) is 34.5 Å². The SMILES string of the molecule is C[C@@](O)(CN1CCN(c2ccc(N)cc2Cl)[C@H](c2ccc(Cl)cc2)C1)c1ccc(C(=O)NCCO)cc1. The molecule has 37 heavy (non-hydrogen) atoms. The molecule has 0 radical (unpaired) electrons. The van der Waals surface area contributed by atoms with Crippen molar-refractivity contribution in [1.82, 2.24) is 10.2 Å². The summed E-state index contributed by atoms with van der Waals surface area (Å²) in [4.78, 5) is 16.7. The van der Waals surface area contributed by atoms with Crippen LogP contribution < -0.4 is 16.0 Å². The van der Waals surface area contributed by atoms with Gasteiger partial charge in [-0.3, -0.25) is 9.69 Å². The van der Waals surface area contributed by atoms with Crippen LogP contribution in [0.5, 0.6) is 0 Å². The van der Waals surface area contributed by atoms with E-state index in [0.717, 1.165) is 23.4 Å². The number of aliphatic hydroxyl groups is 2. The number of nitrogens with two attached hydrogens (primary N) is 1. The second-order valence-electron chi connectivity index (χ2n) is 9.54. The average molecular weight is 543 g/mol. The topological polar surface area (TPSA) is 102 Å². The third-order valence-corrected chi connectivity index (χ3v) is 7.25. The smallest absolute Gasteiger partial charge is 0.251 e. The van der Waals surface area contributed by atoms with E-state index in [0.29, 0.717) is 40.9 Å². The Balaban J connectivity index is 1.53. The van der Waals surface area contributed by atoms with Gasteiger partial charge in [-0.2, -0.15) is 0 Å². The molecule has 0 aromatic heterocycles. The zero-order chi connectivity index (χ0) is 26.6. The van der Waals surface area contributed by atoms with Crippen molar-refractivity contribution in [2.45, 2.75) is 18.6 Å². The van der Waals surface area contributed by atoms with Gasteiger partial charge >= 0.3 is 0 Å². The average Bonchev–Trinajstić information content (AvgIpc) is 2.88. The zero-order valence-corrected chi connectivity index (χ0v) is 22.2. The summed E-state index contributed by atoms with van der Waals surface area (Å²) in [6, 6.07) is 20.3. The summed E-state index contributed by atoms with van der Waals surface area (Å²) in [6.07, 6.45) is 0. The Bertz CT molecular complexity index is 1220. The lowest BCUT2D eigenvalue weighted by Gasteiger charge is -2.45. The molecule has 1 aliphatic rings. The lowest BCUT2D eigenvalue weighted by Crippen LogP contribution is -2.52. The summed E-state index contributed by atoms with van der Waals surface area (Å²) in [5, 5.41) is 24.2. The van der Waals surface area contributed by atoms with Gasteiger partial charge in [-0.05, 0) is 60.5 Å². The predicted molar refractivity (Wildman–Crippen MR) is 149 cm³/mol. The summed E-state index contributed by atoms with van der Waals surface area (Å²) in [7, 11) is 0. The van der Waals surface area contributed by atoms with Gasteiger partial charge in [-0.15, -0.1) is 0 Å². The van der Waals surface area contributed by atoms with E-state index in [4.69, 9.17) is 34.0 Å². The van der Waals surface area contributed by atoms with E-state index < -0.39 is 5.60 Å². The van der Waals surface area contributed by atoms with Crippen LogP contribution in [0.4, 0.5) is 11.4 Å². The van der Waals surface area contributed by atoms with Crippen molar-refractivity contribution in [3.05, 3.63) is 93.5 Å². The number of benzene rings is 3. The summed E-state index contributed by atoms with van der Waals surface area (Å²) in [6.45, 7) is 4.37. The highest BCUT2D eigenvalue weighted by molar-refractivity contribution is 6.33. The second-order valence-corrected chi connectivity index (χ2v) is 10.4. The summed E-state index contributed by atoms with van der Waals surface area (Å²) < 4.78 is 0. The van der Waals surface area contributed by atoms with Crippen molar-refractivity contribution < 1.29 is 15.0 Å². The lowest BCUT2D eigenvalue weighted by molar-refractivity contribution is 0.0103. The van der Waals surface area contributed by atoms with Crippen LogP contribution in [0.25, 0.3) is 0 Å². The highest BCUT2D eigenvalue weighted by Crippen LogP contribution is 2.37. The quantitative estimate of drug-likeness (QED) is 0.320. The number of hydrogen-bond donors (Lipinski definition) is 4. The first-order valence-corrected chi connectivity index (χ1v) is 12.9. The van der Waals surface area contributed by atoms with E-state index in [9.17, 15) is 9.90 Å². The molecule has 1 fully saturated rings. The molecule has 196 valence electrons. The van der Waals surface area contributed by atoms with Gasteiger partial charge in [0.25, 0.3) is 5.91 Å². The van der Waals surface area contributed by atoms with Crippen molar-refractivity contribution in [2.24, 2.45) is 0 Å². The number of rotatable bonds is 8. The Kier molecular flexibility index (Phi) is 8.62. The normalized spacial score (nSPS) is 17.9. The van der Waals surface area contributed by atoms with Crippen LogP contribution in [0.3, 0.4) is 0 Å². The fraction of sp³-hybridized carbons (Fsp3) is 0.321. The van der Waals surface area contributed by atoms with Gasteiger partial charge in [0.15, 0.2) is 0 Å². The van der Waals surface area contributed by atoms with Gasteiger partial charge in [0.2, 0.25) is 0 Å². The van der Waals surface area contributed by atoms with E-state index in [1.807, 2.05) is 36.4 Å². The molecule has 5 N–H and O–H groups in total. The second kappa shape index (κ2) is 11.7. The fourth-order valence-corrected chi connectivity index (χ4v) is 5.20. The molecule has 7 nitrogen and oxygen atoms in total. The number of nitrogen functional groups attached to an aromatic ring is 1. The molecule has 0 unspecified atom stereocenters. The fourth-order valence-electron chi connectivity index (χ4n) is 4.78. The Labute approximate surface area is 227 Å². The standard InChI is InChI=1S/C28H32Cl2N4O3/c1-28(37,21-6-2-20(3-7-21)27(36)32-12-15-35)18-33-13-14-34(25-11-10-23(31)16-24(25)30)26(17-33)19-4-8-22(29)9-5-19/h2-11,16,26,35,37H,12-15,17-18,31H2,1H3,(H,32,36)/t26-,28+/m0/s1. The molecule has 9 heteroatoms. The highest BCUT2D eigenvalue weighted by atomic mass is 35.5. The van der Waals surface area contributed by atoms with Crippen LogP contribution in [0.15, 0.2) is 66.7 Å². The van der Waals surface area contributed by atoms with Crippen LogP contribution >= 0.6 is 23.2 Å². The third kappa shape index (κ3) is 6.55. The van der Waals surface area contributed by atoms with Crippen molar-refractivity contribution >= 4 is 40.5 Å². The van der Waals surface area contributed by atoms with Crippen LogP contribution in [-0.4, -0.2) is 60.4 Å². The Morgan fingerprint density at radius 3 is 2.43 bits per heavy atom. The number of piperazine rings is 1. The molecule has 1 aliphatic heterocycles. The monoisotopic (exact) mass is 542 g/mol. The van der Waals surface area contributed by atoms with Gasteiger partial charge in [0.1, 0.15) is 0 Å². The molecule has 3 aromatic carbocycles. The molecule has 3 aromatic rings. The number of amides is 1. The molecule has 1 saturated heterocycles. The number of aliphatic hydroxyl groups excluding tert-OH is 1. The first-order chi connectivity index (χ1) is 17.7. The summed E-state index contributed by atoms with van der Waals surface area (Å²) in [5.41, 5.74) is 8.62. The minimum Gasteiger partial charge on any atom is -0.399 e. The van der Waals surface area contributed by atoms with E-state index in [1.165, 1.54) is 0 Å². The number of nitrogens with zero attached hydrogens (tertiary/aromatic N) is 2. The molecular formula is C28H32Cl2N4O3. The Hall–Kier alpha value is -2.81. The van der Waals surface area contributed by atoms with E-state index >= 15 is 0 Å². The maximum atomic E-state index is 12.1. The molecule has 4 rings (SSSR count). The summed E-state index contributed by atoms with van der Waals surface area (Å²) >= 11 is 12.7. The Morgan fingerprint density at radius 2 is 1.78 bits per heavy atom. The number of nitrogens with one attached hydrogen (secondary N) is 1. The molecular weight excluding hydrogens is 511 g/mol. The third-order valence-electron chi connectivity index (χ3n) is 6.70. The molecule has 1 amide bonds. The summed E-state index contributed by atoms with van der Waals surface area (Å²) in [5.74, 6) is -0.261. The molecule has 0 saturated carbocycles. The van der Waals surface area contributed by atoms with Crippen molar-refractivity contribution in [1.29, 1.82) is 0 Å². The van der Waals surface area contributed by atoms with E-state index in [2.05, 4.69) is 15.1 Å². The molecule has 0 aliphatic carbocycles. The first kappa shape index (κ1) is 27.2. The number of β-amino-alcohol motifs (C(OH)–C–C–N with tert-alkyl or cyclic N) is 1. The van der Waals surface area contributed by atoms with E-state index in [-0.39, 0.29) is 25.1 Å². The van der Waals surface area contributed by atoms with Crippen molar-refractivity contribution in [3.8, 4) is 0 Å². The Morgan fingerprint density at radius 1 is 1.08 bits per heavy atom. The maximum absolute atomic E-state index is 12.1. The zero-order valence-electron chi connectivity index (χ0n) is 20.7. The molecule has 0 bridgehead atoms. The largest absolute Gasteiger partial charge is 0.399 e. The van der Waals surface area contributed by atoms with Gasteiger partial charge in [0, 0.05) is 49.0 Å². The van der Waals surface area contributed by atoms with Gasteiger partial charge in [-0.1, -0.05) is 47.5 Å². The minimum absolute atomic E-state index is 0.0134.